The van der Waals surface area contributed by atoms with Crippen LogP contribution in [-0.2, 0) is 16.3 Å². The molecule has 1 aromatic carbocycles. The Bertz CT molecular complexity index is 1290. The van der Waals surface area contributed by atoms with Crippen LogP contribution >= 0.6 is 0 Å². The molecule has 4 rings (SSSR count). The van der Waals surface area contributed by atoms with Crippen molar-refractivity contribution in [2.24, 2.45) is 0 Å². The minimum atomic E-state index is -3.26. The number of benzene rings is 1. The van der Waals surface area contributed by atoms with Gasteiger partial charge in [-0.15, -0.1) is 0 Å². The number of fused-ring (bicyclic) bond motifs is 3. The summed E-state index contributed by atoms with van der Waals surface area (Å²) in [6.07, 6.45) is 4.64. The summed E-state index contributed by atoms with van der Waals surface area (Å²) in [7, 11) is -3.26. The van der Waals surface area contributed by atoms with Crippen LogP contribution in [0.3, 0.4) is 0 Å². The van der Waals surface area contributed by atoms with Crippen molar-refractivity contribution in [2.45, 2.75) is 11.3 Å². The molecule has 0 spiro atoms. The van der Waals surface area contributed by atoms with Gasteiger partial charge in [0.15, 0.2) is 9.84 Å². The van der Waals surface area contributed by atoms with Gasteiger partial charge in [-0.1, -0.05) is 0 Å². The molecular formula is C18H13N5O2S. The first-order chi connectivity index (χ1) is 12.4. The Morgan fingerprint density at radius 3 is 2.69 bits per heavy atom. The number of hydrogen-bond acceptors (Lipinski definition) is 6. The van der Waals surface area contributed by atoms with Crippen molar-refractivity contribution < 1.29 is 8.42 Å². The molecule has 0 aliphatic rings. The SMILES string of the molecule is CS(=O)(=O)c1ccc(Cc2nc3c(cnc4ccc(C#N)cc43)[nH]2)nc1. The first-order valence-electron chi connectivity index (χ1n) is 7.76. The van der Waals surface area contributed by atoms with Gasteiger partial charge in [0.05, 0.1) is 39.3 Å². The molecule has 1 N–H and O–H groups in total. The maximum Gasteiger partial charge on any atom is 0.177 e. The summed E-state index contributed by atoms with van der Waals surface area (Å²) in [6.45, 7) is 0. The summed E-state index contributed by atoms with van der Waals surface area (Å²) in [6, 6.07) is 10.6. The van der Waals surface area contributed by atoms with Crippen molar-refractivity contribution in [3.63, 3.8) is 0 Å². The number of imidazole rings is 1. The van der Waals surface area contributed by atoms with Crippen LogP contribution in [0.1, 0.15) is 17.1 Å². The topological polar surface area (TPSA) is 112 Å². The largest absolute Gasteiger partial charge is 0.340 e. The summed E-state index contributed by atoms with van der Waals surface area (Å²) < 4.78 is 23.0. The highest BCUT2D eigenvalue weighted by Gasteiger charge is 2.11. The average Bonchev–Trinajstić information content (AvgIpc) is 3.04. The lowest BCUT2D eigenvalue weighted by Crippen LogP contribution is -2.00. The molecule has 0 saturated heterocycles. The molecule has 7 nitrogen and oxygen atoms in total. The van der Waals surface area contributed by atoms with Gasteiger partial charge >= 0.3 is 0 Å². The number of nitrogens with zero attached hydrogens (tertiary/aromatic N) is 4. The van der Waals surface area contributed by atoms with Crippen LogP contribution in [0.2, 0.25) is 0 Å². The average molecular weight is 363 g/mol. The summed E-state index contributed by atoms with van der Waals surface area (Å²) in [5, 5.41) is 9.91. The van der Waals surface area contributed by atoms with E-state index in [1.54, 1.807) is 30.5 Å². The third-order valence-corrected chi connectivity index (χ3v) is 5.17. The van der Waals surface area contributed by atoms with Crippen molar-refractivity contribution in [3.05, 3.63) is 59.8 Å². The maximum atomic E-state index is 11.5. The predicted octanol–water partition coefficient (Wildman–Crippen LogP) is 2.37. The number of nitriles is 1. The fourth-order valence-corrected chi connectivity index (χ4v) is 3.33. The van der Waals surface area contributed by atoms with Crippen LogP contribution in [0.15, 0.2) is 47.6 Å². The quantitative estimate of drug-likeness (QED) is 0.598. The van der Waals surface area contributed by atoms with Crippen molar-refractivity contribution in [1.29, 1.82) is 5.26 Å². The van der Waals surface area contributed by atoms with Gasteiger partial charge in [-0.3, -0.25) is 9.97 Å². The zero-order valence-electron chi connectivity index (χ0n) is 13.8. The lowest BCUT2D eigenvalue weighted by molar-refractivity contribution is 0.601. The Kier molecular flexibility index (Phi) is 3.67. The van der Waals surface area contributed by atoms with Crippen molar-refractivity contribution >= 4 is 31.8 Å². The van der Waals surface area contributed by atoms with Crippen LogP contribution in [0.5, 0.6) is 0 Å². The second kappa shape index (κ2) is 5.89. The lowest BCUT2D eigenvalue weighted by Gasteiger charge is -2.00. The van der Waals surface area contributed by atoms with E-state index in [0.717, 1.165) is 28.2 Å². The highest BCUT2D eigenvalue weighted by Crippen LogP contribution is 2.23. The second-order valence-electron chi connectivity index (χ2n) is 5.98. The predicted molar refractivity (Wildman–Crippen MR) is 96.3 cm³/mol. The van der Waals surface area contributed by atoms with E-state index >= 15 is 0 Å². The van der Waals surface area contributed by atoms with E-state index in [1.807, 2.05) is 0 Å². The molecule has 0 atom stereocenters. The molecule has 26 heavy (non-hydrogen) atoms. The van der Waals surface area contributed by atoms with Gasteiger partial charge in [0, 0.05) is 30.0 Å². The molecule has 0 saturated carbocycles. The van der Waals surface area contributed by atoms with Crippen LogP contribution in [0.25, 0.3) is 21.9 Å². The minimum absolute atomic E-state index is 0.185. The molecule has 0 bridgehead atoms. The number of pyridine rings is 2. The fourth-order valence-electron chi connectivity index (χ4n) is 2.77. The third kappa shape index (κ3) is 2.89. The molecular weight excluding hydrogens is 350 g/mol. The number of rotatable bonds is 3. The second-order valence-corrected chi connectivity index (χ2v) is 8.00. The van der Waals surface area contributed by atoms with Crippen molar-refractivity contribution in [1.82, 2.24) is 19.9 Å². The molecule has 0 fully saturated rings. The van der Waals surface area contributed by atoms with Crippen LogP contribution in [-0.4, -0.2) is 34.6 Å². The van der Waals surface area contributed by atoms with E-state index in [-0.39, 0.29) is 4.90 Å². The summed E-state index contributed by atoms with van der Waals surface area (Å²) in [5.41, 5.74) is 3.54. The first kappa shape index (κ1) is 16.2. The van der Waals surface area contributed by atoms with E-state index in [1.165, 1.54) is 12.3 Å². The summed E-state index contributed by atoms with van der Waals surface area (Å²) in [4.78, 5) is 16.6. The highest BCUT2D eigenvalue weighted by atomic mass is 32.2. The number of sulfone groups is 1. The maximum absolute atomic E-state index is 11.5. The number of aromatic amines is 1. The highest BCUT2D eigenvalue weighted by molar-refractivity contribution is 7.90. The summed E-state index contributed by atoms with van der Waals surface area (Å²) >= 11 is 0. The Balaban J connectivity index is 1.73. The smallest absolute Gasteiger partial charge is 0.177 e. The Morgan fingerprint density at radius 1 is 1.15 bits per heavy atom. The monoisotopic (exact) mass is 363 g/mol. The van der Waals surface area contributed by atoms with Gasteiger partial charge in [0.2, 0.25) is 0 Å². The number of hydrogen-bond donors (Lipinski definition) is 1. The van der Waals surface area contributed by atoms with Gasteiger partial charge in [-0.25, -0.2) is 13.4 Å². The van der Waals surface area contributed by atoms with Crippen molar-refractivity contribution in [3.8, 4) is 6.07 Å². The number of nitrogens with one attached hydrogen (secondary N) is 1. The Hall–Kier alpha value is -3.31. The number of H-pyrrole nitrogens is 1. The summed E-state index contributed by atoms with van der Waals surface area (Å²) in [5.74, 6) is 0.691. The Labute approximate surface area is 149 Å². The zero-order chi connectivity index (χ0) is 18.3. The van der Waals surface area contributed by atoms with Crippen LogP contribution in [0, 0.1) is 11.3 Å². The van der Waals surface area contributed by atoms with E-state index in [0.29, 0.717) is 23.5 Å². The van der Waals surface area contributed by atoms with Crippen molar-refractivity contribution in [2.75, 3.05) is 6.26 Å². The normalized spacial score (nSPS) is 11.7. The molecule has 0 radical (unpaired) electrons. The van der Waals surface area contributed by atoms with Gasteiger partial charge in [0.25, 0.3) is 0 Å². The molecule has 4 aromatic rings. The third-order valence-electron chi connectivity index (χ3n) is 4.07. The molecule has 8 heteroatoms. The molecule has 0 aliphatic carbocycles. The first-order valence-corrected chi connectivity index (χ1v) is 9.65. The molecule has 0 amide bonds. The van der Waals surface area contributed by atoms with Gasteiger partial charge in [0.1, 0.15) is 5.82 Å². The molecule has 128 valence electrons. The fraction of sp³-hybridized carbons (Fsp3) is 0.111. The minimum Gasteiger partial charge on any atom is -0.340 e. The van der Waals surface area contributed by atoms with E-state index in [9.17, 15) is 8.42 Å². The zero-order valence-corrected chi connectivity index (χ0v) is 14.6. The van der Waals surface area contributed by atoms with Gasteiger partial charge in [-0.2, -0.15) is 5.26 Å². The molecule has 3 aromatic heterocycles. The molecule has 0 unspecified atom stereocenters. The van der Waals surface area contributed by atoms with E-state index in [2.05, 4.69) is 26.0 Å². The van der Waals surface area contributed by atoms with Gasteiger partial charge in [-0.05, 0) is 30.3 Å². The van der Waals surface area contributed by atoms with Crippen LogP contribution < -0.4 is 0 Å². The molecule has 0 aliphatic heterocycles. The Morgan fingerprint density at radius 2 is 2.00 bits per heavy atom. The molecule has 3 heterocycles. The van der Waals surface area contributed by atoms with E-state index < -0.39 is 9.84 Å². The van der Waals surface area contributed by atoms with E-state index in [4.69, 9.17) is 5.26 Å². The van der Waals surface area contributed by atoms with Crippen LogP contribution in [0.4, 0.5) is 0 Å². The lowest BCUT2D eigenvalue weighted by atomic mass is 10.1. The van der Waals surface area contributed by atoms with Gasteiger partial charge < -0.3 is 4.98 Å². The standard InChI is InChI=1S/C18H13N5O2S/c1-26(24,25)13-4-3-12(20-9-13)7-17-22-16-10-21-15-5-2-11(8-19)6-14(15)18(16)23-17/h2-6,9-10H,7H2,1H3,(H,22,23). The number of aromatic nitrogens is 4.